The van der Waals surface area contributed by atoms with E-state index < -0.39 is 5.60 Å². The van der Waals surface area contributed by atoms with Crippen LogP contribution in [0.4, 0.5) is 0 Å². The molecule has 0 radical (unpaired) electrons. The van der Waals surface area contributed by atoms with Gasteiger partial charge in [0.15, 0.2) is 5.78 Å². The molecule has 1 aromatic carbocycles. The van der Waals surface area contributed by atoms with Crippen LogP contribution in [0.3, 0.4) is 0 Å². The Kier molecular flexibility index (Phi) is 4.36. The van der Waals surface area contributed by atoms with Crippen molar-refractivity contribution in [2.24, 2.45) is 0 Å². The molecule has 0 aliphatic heterocycles. The predicted octanol–water partition coefficient (Wildman–Crippen LogP) is 3.27. The molecule has 0 fully saturated rings. The first-order valence-electron chi connectivity index (χ1n) is 5.07. The summed E-state index contributed by atoms with van der Waals surface area (Å²) in [7, 11) is 0. The van der Waals surface area contributed by atoms with Crippen molar-refractivity contribution in [1.29, 1.82) is 0 Å². The monoisotopic (exact) mass is 260 g/mol. The Hall–Kier alpha value is -0.570. The lowest BCUT2D eigenvalue weighted by Crippen LogP contribution is -2.35. The van der Waals surface area contributed by atoms with Crippen molar-refractivity contribution in [2.75, 3.05) is 0 Å². The number of aliphatic hydroxyl groups is 1. The average Bonchev–Trinajstić information content (AvgIpc) is 2.23. The number of benzene rings is 1. The maximum Gasteiger partial charge on any atom is 0.168 e. The molecule has 0 aliphatic carbocycles. The molecular formula is C12H14Cl2O2. The fraction of sp³-hybridized carbons (Fsp3) is 0.417. The quantitative estimate of drug-likeness (QED) is 0.903. The third-order valence-electron chi connectivity index (χ3n) is 2.69. The maximum atomic E-state index is 11.8. The number of halogens is 2. The summed E-state index contributed by atoms with van der Waals surface area (Å²) in [6.07, 6.45) is 0.424. The number of carbonyl (C=O) groups excluding carboxylic acids is 1. The minimum atomic E-state index is -1.32. The van der Waals surface area contributed by atoms with Gasteiger partial charge in [0.05, 0.1) is 0 Å². The number of carbonyl (C=O) groups is 1. The third-order valence-corrected chi connectivity index (χ3v) is 3.40. The number of hydrogen-bond acceptors (Lipinski definition) is 2. The third kappa shape index (κ3) is 2.97. The van der Waals surface area contributed by atoms with Crippen LogP contribution in [0.15, 0.2) is 18.2 Å². The van der Waals surface area contributed by atoms with E-state index in [0.29, 0.717) is 22.0 Å². The van der Waals surface area contributed by atoms with E-state index in [9.17, 15) is 9.90 Å². The minimum absolute atomic E-state index is 0.0549. The lowest BCUT2D eigenvalue weighted by Gasteiger charge is -2.20. The van der Waals surface area contributed by atoms with E-state index >= 15 is 0 Å². The molecule has 1 atom stereocenters. The summed E-state index contributed by atoms with van der Waals surface area (Å²) >= 11 is 11.9. The van der Waals surface area contributed by atoms with Gasteiger partial charge in [-0.3, -0.25) is 4.79 Å². The highest BCUT2D eigenvalue weighted by molar-refractivity contribution is 6.36. The standard InChI is InChI=1S/C12H14Cl2O2/c1-3-12(2,16)11(15)7-8-9(13)5-4-6-10(8)14/h4-6,16H,3,7H2,1-2H3. The van der Waals surface area contributed by atoms with Gasteiger partial charge in [0.1, 0.15) is 5.60 Å². The maximum absolute atomic E-state index is 11.8. The van der Waals surface area contributed by atoms with Crippen LogP contribution >= 0.6 is 23.2 Å². The largest absolute Gasteiger partial charge is 0.382 e. The molecule has 1 rings (SSSR count). The molecule has 4 heteroatoms. The Morgan fingerprint density at radius 3 is 2.31 bits per heavy atom. The molecular weight excluding hydrogens is 247 g/mol. The smallest absolute Gasteiger partial charge is 0.168 e. The van der Waals surface area contributed by atoms with Gasteiger partial charge in [-0.25, -0.2) is 0 Å². The highest BCUT2D eigenvalue weighted by atomic mass is 35.5. The van der Waals surface area contributed by atoms with Crippen molar-refractivity contribution in [3.05, 3.63) is 33.8 Å². The molecule has 0 aromatic heterocycles. The van der Waals surface area contributed by atoms with Gasteiger partial charge in [-0.15, -0.1) is 0 Å². The molecule has 1 aromatic rings. The summed E-state index contributed by atoms with van der Waals surface area (Å²) in [5, 5.41) is 10.7. The Morgan fingerprint density at radius 2 is 1.88 bits per heavy atom. The number of Topliss-reactive ketones (excluding diaryl/α,β-unsaturated/α-hetero) is 1. The molecule has 0 amide bonds. The summed E-state index contributed by atoms with van der Waals surface area (Å²) in [5.74, 6) is -0.273. The van der Waals surface area contributed by atoms with Crippen molar-refractivity contribution >= 4 is 29.0 Å². The highest BCUT2D eigenvalue weighted by Gasteiger charge is 2.28. The Labute approximate surface area is 105 Å². The molecule has 1 unspecified atom stereocenters. The highest BCUT2D eigenvalue weighted by Crippen LogP contribution is 2.26. The molecule has 0 bridgehead atoms. The normalized spacial score (nSPS) is 14.6. The second-order valence-corrected chi connectivity index (χ2v) is 4.74. The molecule has 16 heavy (non-hydrogen) atoms. The van der Waals surface area contributed by atoms with Crippen LogP contribution in [-0.2, 0) is 11.2 Å². The van der Waals surface area contributed by atoms with Crippen molar-refractivity contribution in [1.82, 2.24) is 0 Å². The summed E-state index contributed by atoms with van der Waals surface area (Å²) in [6.45, 7) is 3.26. The SMILES string of the molecule is CCC(C)(O)C(=O)Cc1c(Cl)cccc1Cl. The molecule has 88 valence electrons. The second-order valence-electron chi connectivity index (χ2n) is 3.93. The van der Waals surface area contributed by atoms with Crippen LogP contribution in [-0.4, -0.2) is 16.5 Å². The predicted molar refractivity (Wildman–Crippen MR) is 66.1 cm³/mol. The number of hydrogen-bond donors (Lipinski definition) is 1. The second kappa shape index (κ2) is 5.17. The van der Waals surface area contributed by atoms with Crippen LogP contribution < -0.4 is 0 Å². The van der Waals surface area contributed by atoms with Gasteiger partial charge in [0, 0.05) is 16.5 Å². The molecule has 0 saturated carbocycles. The van der Waals surface area contributed by atoms with Gasteiger partial charge in [-0.2, -0.15) is 0 Å². The van der Waals surface area contributed by atoms with Crippen LogP contribution in [0, 0.1) is 0 Å². The Morgan fingerprint density at radius 1 is 1.38 bits per heavy atom. The van der Waals surface area contributed by atoms with Crippen molar-refractivity contribution < 1.29 is 9.90 Å². The first kappa shape index (κ1) is 13.5. The van der Waals surface area contributed by atoms with Gasteiger partial charge >= 0.3 is 0 Å². The van der Waals surface area contributed by atoms with Gasteiger partial charge < -0.3 is 5.11 Å². The minimum Gasteiger partial charge on any atom is -0.382 e. The molecule has 1 N–H and O–H groups in total. The van der Waals surface area contributed by atoms with E-state index in [0.717, 1.165) is 0 Å². The summed E-state index contributed by atoms with van der Waals surface area (Å²) in [4.78, 5) is 11.8. The Bertz CT molecular complexity index is 380. The van der Waals surface area contributed by atoms with Crippen LogP contribution in [0.1, 0.15) is 25.8 Å². The zero-order valence-corrected chi connectivity index (χ0v) is 10.8. The molecule has 2 nitrogen and oxygen atoms in total. The van der Waals surface area contributed by atoms with E-state index in [4.69, 9.17) is 23.2 Å². The summed E-state index contributed by atoms with van der Waals surface area (Å²) < 4.78 is 0. The molecule has 0 aliphatic rings. The zero-order valence-electron chi connectivity index (χ0n) is 9.26. The van der Waals surface area contributed by atoms with Crippen molar-refractivity contribution in [3.63, 3.8) is 0 Å². The van der Waals surface area contributed by atoms with Gasteiger partial charge in [-0.1, -0.05) is 36.2 Å². The Balaban J connectivity index is 2.94. The zero-order chi connectivity index (χ0) is 12.3. The van der Waals surface area contributed by atoms with Gasteiger partial charge in [0.25, 0.3) is 0 Å². The van der Waals surface area contributed by atoms with Gasteiger partial charge in [-0.05, 0) is 31.0 Å². The fourth-order valence-electron chi connectivity index (χ4n) is 1.25. The van der Waals surface area contributed by atoms with E-state index in [1.165, 1.54) is 6.92 Å². The topological polar surface area (TPSA) is 37.3 Å². The van der Waals surface area contributed by atoms with Crippen LogP contribution in [0.2, 0.25) is 10.0 Å². The number of ketones is 1. The van der Waals surface area contributed by atoms with E-state index in [1.807, 2.05) is 0 Å². The first-order valence-corrected chi connectivity index (χ1v) is 5.82. The molecule has 0 spiro atoms. The average molecular weight is 261 g/mol. The molecule has 0 heterocycles. The van der Waals surface area contributed by atoms with Crippen LogP contribution in [0.25, 0.3) is 0 Å². The summed E-state index contributed by atoms with van der Waals surface area (Å²) in [6, 6.07) is 5.07. The van der Waals surface area contributed by atoms with Crippen LogP contribution in [0.5, 0.6) is 0 Å². The van der Waals surface area contributed by atoms with Gasteiger partial charge in [0.2, 0.25) is 0 Å². The first-order chi connectivity index (χ1) is 7.38. The van der Waals surface area contributed by atoms with E-state index in [-0.39, 0.29) is 12.2 Å². The van der Waals surface area contributed by atoms with E-state index in [1.54, 1.807) is 25.1 Å². The van der Waals surface area contributed by atoms with E-state index in [2.05, 4.69) is 0 Å². The fourth-order valence-corrected chi connectivity index (χ4v) is 1.78. The van der Waals surface area contributed by atoms with Crippen molar-refractivity contribution in [3.8, 4) is 0 Å². The molecule has 0 saturated heterocycles. The summed E-state index contributed by atoms with van der Waals surface area (Å²) in [5.41, 5.74) is -0.743. The lowest BCUT2D eigenvalue weighted by molar-refractivity contribution is -0.135. The van der Waals surface area contributed by atoms with Crippen molar-refractivity contribution in [2.45, 2.75) is 32.3 Å². The number of rotatable bonds is 4. The lowest BCUT2D eigenvalue weighted by atomic mass is 9.93.